The summed E-state index contributed by atoms with van der Waals surface area (Å²) in [6.45, 7) is 3.47. The molecule has 0 bridgehead atoms. The maximum atomic E-state index is 12.7. The van der Waals surface area contributed by atoms with Gasteiger partial charge < -0.3 is 9.72 Å². The number of fused-ring (bicyclic) bond motifs is 1. The van der Waals surface area contributed by atoms with E-state index in [2.05, 4.69) is 4.98 Å². The van der Waals surface area contributed by atoms with Crippen LogP contribution >= 0.6 is 11.8 Å². The lowest BCUT2D eigenvalue weighted by atomic mass is 10.0. The fraction of sp³-hybridized carbons (Fsp3) is 0.200. The van der Waals surface area contributed by atoms with Crippen LogP contribution in [0, 0.1) is 6.92 Å². The molecule has 0 amide bonds. The fourth-order valence-electron chi connectivity index (χ4n) is 2.74. The summed E-state index contributed by atoms with van der Waals surface area (Å²) in [4.78, 5) is 29.0. The van der Waals surface area contributed by atoms with Crippen LogP contribution in [-0.4, -0.2) is 28.6 Å². The van der Waals surface area contributed by atoms with Gasteiger partial charge >= 0.3 is 5.97 Å². The van der Waals surface area contributed by atoms with Gasteiger partial charge in [-0.15, -0.1) is 11.8 Å². The second-order valence-electron chi connectivity index (χ2n) is 5.77. The van der Waals surface area contributed by atoms with Crippen LogP contribution in [-0.2, 0) is 9.53 Å². The number of H-pyrrole nitrogens is 1. The van der Waals surface area contributed by atoms with Gasteiger partial charge in [-0.3, -0.25) is 9.59 Å². The molecule has 2 aromatic carbocycles. The number of aromatic amines is 1. The van der Waals surface area contributed by atoms with Crippen molar-refractivity contribution in [3.05, 3.63) is 65.9 Å². The number of rotatable bonds is 6. The van der Waals surface area contributed by atoms with E-state index < -0.39 is 12.1 Å². The third-order valence-corrected chi connectivity index (χ3v) is 4.90. The number of ketones is 1. The van der Waals surface area contributed by atoms with E-state index in [0.29, 0.717) is 5.56 Å². The van der Waals surface area contributed by atoms with E-state index in [9.17, 15) is 9.59 Å². The van der Waals surface area contributed by atoms with Crippen LogP contribution in [0.4, 0.5) is 0 Å². The number of para-hydroxylation sites is 1. The van der Waals surface area contributed by atoms with Crippen molar-refractivity contribution in [2.45, 2.75) is 24.8 Å². The minimum absolute atomic E-state index is 0.175. The summed E-state index contributed by atoms with van der Waals surface area (Å²) >= 11 is 1.39. The number of nitrogens with one attached hydrogen (secondary N) is 1. The van der Waals surface area contributed by atoms with E-state index in [1.807, 2.05) is 61.5 Å². The Hall–Kier alpha value is -2.53. The van der Waals surface area contributed by atoms with Crippen molar-refractivity contribution in [1.29, 1.82) is 0 Å². The average molecular weight is 353 g/mol. The third-order valence-electron chi connectivity index (χ3n) is 3.92. The highest BCUT2D eigenvalue weighted by Crippen LogP contribution is 2.24. The second kappa shape index (κ2) is 7.57. The number of benzene rings is 2. The predicted molar refractivity (Wildman–Crippen MR) is 100 cm³/mol. The van der Waals surface area contributed by atoms with Gasteiger partial charge in [0, 0.05) is 27.1 Å². The summed E-state index contributed by atoms with van der Waals surface area (Å²) in [7, 11) is 0. The Balaban J connectivity index is 1.66. The first-order valence-electron chi connectivity index (χ1n) is 8.05. The van der Waals surface area contributed by atoms with Crippen LogP contribution < -0.4 is 0 Å². The number of thioether (sulfide) groups is 1. The molecule has 3 rings (SSSR count). The molecular formula is C20H19NO3S. The van der Waals surface area contributed by atoms with Crippen molar-refractivity contribution in [1.82, 2.24) is 4.98 Å². The summed E-state index contributed by atoms with van der Waals surface area (Å²) in [5.41, 5.74) is 2.28. The largest absolute Gasteiger partial charge is 0.454 e. The number of esters is 1. The van der Waals surface area contributed by atoms with Crippen LogP contribution in [0.25, 0.3) is 10.9 Å². The van der Waals surface area contributed by atoms with Crippen LogP contribution in [0.3, 0.4) is 0 Å². The zero-order valence-electron chi connectivity index (χ0n) is 14.1. The van der Waals surface area contributed by atoms with E-state index in [0.717, 1.165) is 21.5 Å². The predicted octanol–water partition coefficient (Wildman–Crippen LogP) is 4.38. The molecule has 1 atom stereocenters. The molecule has 4 nitrogen and oxygen atoms in total. The zero-order valence-corrected chi connectivity index (χ0v) is 14.9. The fourth-order valence-corrected chi connectivity index (χ4v) is 3.44. The van der Waals surface area contributed by atoms with Crippen LogP contribution in [0.15, 0.2) is 59.5 Å². The van der Waals surface area contributed by atoms with Gasteiger partial charge in [0.2, 0.25) is 5.78 Å². The van der Waals surface area contributed by atoms with Gasteiger partial charge in [-0.1, -0.05) is 36.4 Å². The molecule has 0 unspecified atom stereocenters. The lowest BCUT2D eigenvalue weighted by Gasteiger charge is -2.12. The van der Waals surface area contributed by atoms with E-state index >= 15 is 0 Å². The number of carbonyl (C=O) groups excluding carboxylic acids is 2. The number of hydrogen-bond donors (Lipinski definition) is 1. The molecule has 0 aliphatic heterocycles. The van der Waals surface area contributed by atoms with E-state index in [4.69, 9.17) is 4.74 Å². The molecule has 0 saturated heterocycles. The first-order chi connectivity index (χ1) is 12.1. The third kappa shape index (κ3) is 3.94. The number of aromatic nitrogens is 1. The number of hydrogen-bond acceptors (Lipinski definition) is 4. The quantitative estimate of drug-likeness (QED) is 0.406. The average Bonchev–Trinajstić information content (AvgIpc) is 2.96. The van der Waals surface area contributed by atoms with Crippen LogP contribution in [0.1, 0.15) is 23.0 Å². The summed E-state index contributed by atoms with van der Waals surface area (Å²) in [5, 5.41) is 0.853. The lowest BCUT2D eigenvalue weighted by molar-refractivity contribution is -0.143. The molecule has 0 spiro atoms. The minimum atomic E-state index is -0.818. The van der Waals surface area contributed by atoms with Gasteiger partial charge in [-0.2, -0.15) is 0 Å². The van der Waals surface area contributed by atoms with Crippen LogP contribution in [0.2, 0.25) is 0 Å². The maximum Gasteiger partial charge on any atom is 0.316 e. The zero-order chi connectivity index (χ0) is 17.8. The summed E-state index contributed by atoms with van der Waals surface area (Å²) in [6, 6.07) is 17.2. The Morgan fingerprint density at radius 3 is 2.52 bits per heavy atom. The van der Waals surface area contributed by atoms with Crippen molar-refractivity contribution in [2.24, 2.45) is 0 Å². The van der Waals surface area contributed by atoms with Gasteiger partial charge in [-0.05, 0) is 32.0 Å². The standard InChI is InChI=1S/C20H19NO3S/c1-13-19(16-10-6-7-11-17(16)21-13)20(23)14(2)24-18(22)12-25-15-8-4-3-5-9-15/h3-11,14,21H,12H2,1-2H3/t14-/m0/s1. The molecule has 1 heterocycles. The molecule has 25 heavy (non-hydrogen) atoms. The second-order valence-corrected chi connectivity index (χ2v) is 6.82. The molecule has 0 aliphatic carbocycles. The normalized spacial score (nSPS) is 12.1. The minimum Gasteiger partial charge on any atom is -0.454 e. The van der Waals surface area contributed by atoms with Crippen molar-refractivity contribution >= 4 is 34.4 Å². The SMILES string of the molecule is Cc1[nH]c2ccccc2c1C(=O)[C@H](C)OC(=O)CSc1ccccc1. The van der Waals surface area contributed by atoms with E-state index in [1.165, 1.54) is 11.8 Å². The molecule has 3 aromatic rings. The van der Waals surface area contributed by atoms with Gasteiger partial charge in [0.05, 0.1) is 5.75 Å². The molecular weight excluding hydrogens is 334 g/mol. The summed E-state index contributed by atoms with van der Waals surface area (Å²) in [6.07, 6.45) is -0.818. The number of Topliss-reactive ketones (excluding diaryl/α,β-unsaturated/α-hetero) is 1. The Labute approximate surface area is 150 Å². The Morgan fingerprint density at radius 2 is 1.76 bits per heavy atom. The highest BCUT2D eigenvalue weighted by atomic mass is 32.2. The van der Waals surface area contributed by atoms with E-state index in [-0.39, 0.29) is 11.5 Å². The smallest absolute Gasteiger partial charge is 0.316 e. The van der Waals surface area contributed by atoms with Gasteiger partial charge in [0.15, 0.2) is 6.10 Å². The Morgan fingerprint density at radius 1 is 1.08 bits per heavy atom. The first kappa shape index (κ1) is 17.3. The van der Waals surface area contributed by atoms with Gasteiger partial charge in [-0.25, -0.2) is 0 Å². The number of carbonyl (C=O) groups is 2. The highest BCUT2D eigenvalue weighted by Gasteiger charge is 2.24. The lowest BCUT2D eigenvalue weighted by Crippen LogP contribution is -2.25. The van der Waals surface area contributed by atoms with Crippen molar-refractivity contribution < 1.29 is 14.3 Å². The number of aryl methyl sites for hydroxylation is 1. The summed E-state index contributed by atoms with van der Waals surface area (Å²) in [5.74, 6) is -0.408. The molecule has 0 radical (unpaired) electrons. The van der Waals surface area contributed by atoms with Crippen molar-refractivity contribution in [3.63, 3.8) is 0 Å². The van der Waals surface area contributed by atoms with Gasteiger partial charge in [0.25, 0.3) is 0 Å². The van der Waals surface area contributed by atoms with E-state index in [1.54, 1.807) is 6.92 Å². The number of ether oxygens (including phenoxy) is 1. The molecule has 1 aromatic heterocycles. The topological polar surface area (TPSA) is 59.2 Å². The molecule has 1 N–H and O–H groups in total. The van der Waals surface area contributed by atoms with Crippen LogP contribution in [0.5, 0.6) is 0 Å². The van der Waals surface area contributed by atoms with Crippen molar-refractivity contribution in [3.8, 4) is 0 Å². The Kier molecular flexibility index (Phi) is 5.24. The van der Waals surface area contributed by atoms with Gasteiger partial charge in [0.1, 0.15) is 0 Å². The van der Waals surface area contributed by atoms with Crippen molar-refractivity contribution in [2.75, 3.05) is 5.75 Å². The molecule has 5 heteroatoms. The molecule has 0 aliphatic rings. The summed E-state index contributed by atoms with van der Waals surface area (Å²) < 4.78 is 5.34. The highest BCUT2D eigenvalue weighted by molar-refractivity contribution is 8.00. The maximum absolute atomic E-state index is 12.7. The molecule has 0 fully saturated rings. The first-order valence-corrected chi connectivity index (χ1v) is 9.03. The monoisotopic (exact) mass is 353 g/mol. The molecule has 0 saturated carbocycles. The molecule has 128 valence electrons. The Bertz CT molecular complexity index is 902.